The van der Waals surface area contributed by atoms with E-state index in [1.54, 1.807) is 12.1 Å². The zero-order valence-electron chi connectivity index (χ0n) is 10.2. The fourth-order valence-corrected chi connectivity index (χ4v) is 1.93. The van der Waals surface area contributed by atoms with Gasteiger partial charge in [0, 0.05) is 15.7 Å². The van der Waals surface area contributed by atoms with E-state index in [0.29, 0.717) is 15.7 Å². The second-order valence-electron chi connectivity index (χ2n) is 4.00. The van der Waals surface area contributed by atoms with Gasteiger partial charge in [0.1, 0.15) is 5.82 Å². The number of nitrogen functional groups attached to an aromatic ring is 1. The number of anilines is 2. The van der Waals surface area contributed by atoms with Crippen molar-refractivity contribution in [3.8, 4) is 6.07 Å². The van der Waals surface area contributed by atoms with Crippen LogP contribution >= 0.6 is 15.9 Å². The summed E-state index contributed by atoms with van der Waals surface area (Å²) < 4.78 is 14.2. The van der Waals surface area contributed by atoms with Crippen LogP contribution in [0.3, 0.4) is 0 Å². The number of amides is 1. The third kappa shape index (κ3) is 2.95. The van der Waals surface area contributed by atoms with Gasteiger partial charge in [0.2, 0.25) is 0 Å². The highest BCUT2D eigenvalue weighted by molar-refractivity contribution is 9.10. The van der Waals surface area contributed by atoms with Gasteiger partial charge in [0.05, 0.1) is 17.3 Å². The molecule has 2 rings (SSSR count). The predicted octanol–water partition coefficient (Wildman–Crippen LogP) is 3.29. The minimum atomic E-state index is -0.660. The second kappa shape index (κ2) is 5.72. The van der Waals surface area contributed by atoms with Crippen LogP contribution in [0.5, 0.6) is 0 Å². The highest BCUT2D eigenvalue weighted by Gasteiger charge is 2.11. The van der Waals surface area contributed by atoms with E-state index in [0.717, 1.165) is 6.07 Å². The van der Waals surface area contributed by atoms with E-state index in [2.05, 4.69) is 21.2 Å². The fourth-order valence-electron chi connectivity index (χ4n) is 1.55. The molecule has 0 saturated heterocycles. The molecule has 0 spiro atoms. The molecule has 4 nitrogen and oxygen atoms in total. The van der Waals surface area contributed by atoms with E-state index < -0.39 is 11.7 Å². The summed E-state index contributed by atoms with van der Waals surface area (Å²) in [4.78, 5) is 12.0. The number of hydrogen-bond donors (Lipinski definition) is 2. The first-order valence-electron chi connectivity index (χ1n) is 5.57. The summed E-state index contributed by atoms with van der Waals surface area (Å²) in [5, 5.41) is 11.1. The fraction of sp³-hybridized carbons (Fsp3) is 0. The minimum Gasteiger partial charge on any atom is -0.398 e. The van der Waals surface area contributed by atoms with Gasteiger partial charge in [-0.25, -0.2) is 4.39 Å². The highest BCUT2D eigenvalue weighted by Crippen LogP contribution is 2.22. The Balaban J connectivity index is 2.23. The largest absolute Gasteiger partial charge is 0.398 e. The standard InChI is InChI=1S/C14H9BrFN3O/c15-10-6-9(2-3-12(10)18)14(20)19-13-4-1-8(7-17)5-11(13)16/h1-6H,18H2,(H,19,20). The van der Waals surface area contributed by atoms with E-state index in [1.165, 1.54) is 18.2 Å². The van der Waals surface area contributed by atoms with Gasteiger partial charge < -0.3 is 11.1 Å². The predicted molar refractivity (Wildman–Crippen MR) is 77.6 cm³/mol. The molecule has 0 unspecified atom stereocenters. The van der Waals surface area contributed by atoms with E-state index in [-0.39, 0.29) is 11.3 Å². The first-order chi connectivity index (χ1) is 9.51. The van der Waals surface area contributed by atoms with Gasteiger partial charge in [-0.1, -0.05) is 0 Å². The maximum absolute atomic E-state index is 13.7. The summed E-state index contributed by atoms with van der Waals surface area (Å²) in [5.74, 6) is -1.12. The van der Waals surface area contributed by atoms with Crippen LogP contribution < -0.4 is 11.1 Å². The summed E-state index contributed by atoms with van der Waals surface area (Å²) >= 11 is 3.22. The number of carbonyl (C=O) groups is 1. The second-order valence-corrected chi connectivity index (χ2v) is 4.85. The number of rotatable bonds is 2. The molecule has 0 bridgehead atoms. The lowest BCUT2D eigenvalue weighted by Crippen LogP contribution is -2.13. The zero-order chi connectivity index (χ0) is 14.7. The van der Waals surface area contributed by atoms with Crippen molar-refractivity contribution in [1.29, 1.82) is 5.26 Å². The van der Waals surface area contributed by atoms with E-state index in [4.69, 9.17) is 11.0 Å². The Morgan fingerprint density at radius 3 is 2.65 bits per heavy atom. The molecule has 20 heavy (non-hydrogen) atoms. The zero-order valence-corrected chi connectivity index (χ0v) is 11.7. The Hall–Kier alpha value is -2.39. The number of nitrogens with two attached hydrogens (primary N) is 1. The molecule has 0 aromatic heterocycles. The molecule has 0 heterocycles. The molecule has 0 fully saturated rings. The summed E-state index contributed by atoms with van der Waals surface area (Å²) in [5.41, 5.74) is 6.68. The molecule has 1 amide bonds. The van der Waals surface area contributed by atoms with Crippen molar-refractivity contribution < 1.29 is 9.18 Å². The van der Waals surface area contributed by atoms with Gasteiger partial charge in [0.15, 0.2) is 0 Å². The van der Waals surface area contributed by atoms with Crippen LogP contribution in [-0.2, 0) is 0 Å². The van der Waals surface area contributed by atoms with Crippen LogP contribution in [0.2, 0.25) is 0 Å². The van der Waals surface area contributed by atoms with Crippen molar-refractivity contribution in [3.05, 3.63) is 57.8 Å². The summed E-state index contributed by atoms with van der Waals surface area (Å²) in [6, 6.07) is 10.3. The lowest BCUT2D eigenvalue weighted by molar-refractivity contribution is 0.102. The third-order valence-electron chi connectivity index (χ3n) is 2.61. The van der Waals surface area contributed by atoms with Crippen molar-refractivity contribution in [3.63, 3.8) is 0 Å². The quantitative estimate of drug-likeness (QED) is 0.827. The van der Waals surface area contributed by atoms with E-state index >= 15 is 0 Å². The van der Waals surface area contributed by atoms with Crippen LogP contribution in [0.25, 0.3) is 0 Å². The number of carbonyl (C=O) groups excluding carboxylic acids is 1. The molecule has 0 atom stereocenters. The molecule has 2 aromatic carbocycles. The molecule has 0 saturated carbocycles. The molecule has 6 heteroatoms. The van der Waals surface area contributed by atoms with Crippen molar-refractivity contribution in [1.82, 2.24) is 0 Å². The highest BCUT2D eigenvalue weighted by atomic mass is 79.9. The monoisotopic (exact) mass is 333 g/mol. The van der Waals surface area contributed by atoms with Crippen molar-refractivity contribution in [2.45, 2.75) is 0 Å². The van der Waals surface area contributed by atoms with Crippen LogP contribution in [0.1, 0.15) is 15.9 Å². The van der Waals surface area contributed by atoms with Gasteiger partial charge in [-0.2, -0.15) is 5.26 Å². The molecule has 0 aliphatic carbocycles. The van der Waals surface area contributed by atoms with Crippen LogP contribution in [0, 0.1) is 17.1 Å². The van der Waals surface area contributed by atoms with E-state index in [1.807, 2.05) is 6.07 Å². The topological polar surface area (TPSA) is 78.9 Å². The molecule has 2 aromatic rings. The number of nitrogens with zero attached hydrogens (tertiary/aromatic N) is 1. The molecule has 3 N–H and O–H groups in total. The van der Waals surface area contributed by atoms with Crippen molar-refractivity contribution >= 4 is 33.2 Å². The van der Waals surface area contributed by atoms with Crippen LogP contribution in [-0.4, -0.2) is 5.91 Å². The van der Waals surface area contributed by atoms with Gasteiger partial charge in [0.25, 0.3) is 5.91 Å². The van der Waals surface area contributed by atoms with Gasteiger partial charge in [-0.15, -0.1) is 0 Å². The van der Waals surface area contributed by atoms with Crippen molar-refractivity contribution in [2.24, 2.45) is 0 Å². The maximum atomic E-state index is 13.7. The SMILES string of the molecule is N#Cc1ccc(NC(=O)c2ccc(N)c(Br)c2)c(F)c1. The third-order valence-corrected chi connectivity index (χ3v) is 3.30. The summed E-state index contributed by atoms with van der Waals surface area (Å²) in [6.07, 6.45) is 0. The molecule has 100 valence electrons. The Labute approximate surface area is 123 Å². The van der Waals surface area contributed by atoms with Gasteiger partial charge in [-0.3, -0.25) is 4.79 Å². The molecule has 0 aliphatic heterocycles. The Kier molecular flexibility index (Phi) is 4.01. The Bertz CT molecular complexity index is 725. The van der Waals surface area contributed by atoms with Gasteiger partial charge >= 0.3 is 0 Å². The minimum absolute atomic E-state index is 0.0157. The number of nitriles is 1. The average molecular weight is 334 g/mol. The molecular weight excluding hydrogens is 325 g/mol. The number of benzene rings is 2. The lowest BCUT2D eigenvalue weighted by atomic mass is 10.1. The Morgan fingerprint density at radius 1 is 1.30 bits per heavy atom. The first-order valence-corrected chi connectivity index (χ1v) is 6.36. The maximum Gasteiger partial charge on any atom is 0.255 e. The number of nitrogens with one attached hydrogen (secondary N) is 1. The van der Waals surface area contributed by atoms with Crippen LogP contribution in [0.4, 0.5) is 15.8 Å². The van der Waals surface area contributed by atoms with Gasteiger partial charge in [-0.05, 0) is 52.3 Å². The first kappa shape index (κ1) is 14.0. The average Bonchev–Trinajstić information content (AvgIpc) is 2.43. The lowest BCUT2D eigenvalue weighted by Gasteiger charge is -2.07. The number of halogens is 2. The molecule has 0 radical (unpaired) electrons. The molecular formula is C14H9BrFN3O. The summed E-state index contributed by atoms with van der Waals surface area (Å²) in [7, 11) is 0. The number of hydrogen-bond acceptors (Lipinski definition) is 3. The van der Waals surface area contributed by atoms with E-state index in [9.17, 15) is 9.18 Å². The van der Waals surface area contributed by atoms with Crippen molar-refractivity contribution in [2.75, 3.05) is 11.1 Å². The van der Waals surface area contributed by atoms with Crippen LogP contribution in [0.15, 0.2) is 40.9 Å². The summed E-state index contributed by atoms with van der Waals surface area (Å²) in [6.45, 7) is 0. The molecule has 0 aliphatic rings. The smallest absolute Gasteiger partial charge is 0.255 e. The Morgan fingerprint density at radius 2 is 2.05 bits per heavy atom. The normalized spacial score (nSPS) is 9.85.